The van der Waals surface area contributed by atoms with Crippen LogP contribution in [-0.2, 0) is 11.2 Å². The van der Waals surface area contributed by atoms with E-state index >= 15 is 0 Å². The van der Waals surface area contributed by atoms with Crippen molar-refractivity contribution in [2.75, 3.05) is 19.8 Å². The van der Waals surface area contributed by atoms with Gasteiger partial charge in [0.25, 0.3) is 0 Å². The van der Waals surface area contributed by atoms with Gasteiger partial charge in [-0.1, -0.05) is 30.3 Å². The summed E-state index contributed by atoms with van der Waals surface area (Å²) in [6.07, 6.45) is 3.00. The van der Waals surface area contributed by atoms with E-state index in [-0.39, 0.29) is 6.04 Å². The van der Waals surface area contributed by atoms with Crippen LogP contribution in [0.5, 0.6) is 0 Å². The van der Waals surface area contributed by atoms with E-state index in [4.69, 9.17) is 4.74 Å². The monoisotopic (exact) mass is 265 g/mol. The van der Waals surface area contributed by atoms with Crippen LogP contribution in [0.4, 0.5) is 4.39 Å². The maximum atomic E-state index is 14.5. The molecule has 2 rings (SSSR count). The topological polar surface area (TPSA) is 21.3 Å². The minimum atomic E-state index is -1.10. The molecule has 1 fully saturated rings. The van der Waals surface area contributed by atoms with Gasteiger partial charge in [-0.15, -0.1) is 0 Å². The molecule has 3 heteroatoms. The number of rotatable bonds is 6. The average Bonchev–Trinajstić information content (AvgIpc) is 2.40. The third kappa shape index (κ3) is 5.29. The molecule has 1 aliphatic rings. The predicted molar refractivity (Wildman–Crippen MR) is 76.1 cm³/mol. The highest BCUT2D eigenvalue weighted by Crippen LogP contribution is 2.25. The first kappa shape index (κ1) is 14.5. The molecular weight excluding hydrogens is 241 g/mol. The Hall–Kier alpha value is -0.930. The highest BCUT2D eigenvalue weighted by Gasteiger charge is 2.28. The van der Waals surface area contributed by atoms with Gasteiger partial charge in [-0.05, 0) is 38.2 Å². The maximum absolute atomic E-state index is 14.5. The highest BCUT2D eigenvalue weighted by atomic mass is 19.1. The maximum Gasteiger partial charge on any atom is 0.109 e. The first-order valence-corrected chi connectivity index (χ1v) is 7.20. The molecule has 1 aromatic carbocycles. The molecule has 0 spiro atoms. The van der Waals surface area contributed by atoms with Crippen LogP contribution < -0.4 is 5.32 Å². The summed E-state index contributed by atoms with van der Waals surface area (Å²) in [7, 11) is 0. The van der Waals surface area contributed by atoms with E-state index in [1.807, 2.05) is 18.2 Å². The first-order chi connectivity index (χ1) is 9.16. The van der Waals surface area contributed by atoms with E-state index in [0.29, 0.717) is 19.4 Å². The van der Waals surface area contributed by atoms with Gasteiger partial charge in [0.05, 0.1) is 13.2 Å². The zero-order valence-corrected chi connectivity index (χ0v) is 11.7. The number of benzene rings is 1. The normalized spacial score (nSPS) is 22.9. The molecule has 1 heterocycles. The molecule has 0 bridgehead atoms. The molecular formula is C16H24FNO. The number of nitrogens with one attached hydrogen (secondary N) is 1. The van der Waals surface area contributed by atoms with Crippen molar-refractivity contribution in [2.45, 2.75) is 44.3 Å². The standard InChI is InChI=1S/C16H24FNO/c1-16(17,12-15-13-19-11-10-18-15)9-5-8-14-6-3-2-4-7-14/h2-4,6-7,15,18H,5,8-13H2,1H3. The third-order valence-corrected chi connectivity index (χ3v) is 3.68. The number of hydrogen-bond donors (Lipinski definition) is 1. The van der Waals surface area contributed by atoms with Crippen molar-refractivity contribution >= 4 is 0 Å². The lowest BCUT2D eigenvalue weighted by molar-refractivity contribution is 0.0453. The van der Waals surface area contributed by atoms with Crippen molar-refractivity contribution in [3.05, 3.63) is 35.9 Å². The Morgan fingerprint density at radius 3 is 2.84 bits per heavy atom. The van der Waals surface area contributed by atoms with Gasteiger partial charge in [0.15, 0.2) is 0 Å². The lowest BCUT2D eigenvalue weighted by atomic mass is 9.92. The third-order valence-electron chi connectivity index (χ3n) is 3.68. The highest BCUT2D eigenvalue weighted by molar-refractivity contribution is 5.14. The van der Waals surface area contributed by atoms with Crippen LogP contribution in [0.2, 0.25) is 0 Å². The van der Waals surface area contributed by atoms with Crippen LogP contribution in [0.15, 0.2) is 30.3 Å². The van der Waals surface area contributed by atoms with Crippen LogP contribution >= 0.6 is 0 Å². The van der Waals surface area contributed by atoms with Crippen molar-refractivity contribution in [3.8, 4) is 0 Å². The number of morpholine rings is 1. The fraction of sp³-hybridized carbons (Fsp3) is 0.625. The molecule has 2 nitrogen and oxygen atoms in total. The van der Waals surface area contributed by atoms with Crippen molar-refractivity contribution < 1.29 is 9.13 Å². The summed E-state index contributed by atoms with van der Waals surface area (Å²) in [6.45, 7) is 3.94. The molecule has 1 saturated heterocycles. The van der Waals surface area contributed by atoms with E-state index in [2.05, 4.69) is 17.4 Å². The quantitative estimate of drug-likeness (QED) is 0.853. The second kappa shape index (κ2) is 7.01. The van der Waals surface area contributed by atoms with Crippen LogP contribution in [0.3, 0.4) is 0 Å². The van der Waals surface area contributed by atoms with E-state index in [1.54, 1.807) is 6.92 Å². The minimum absolute atomic E-state index is 0.167. The Kier molecular flexibility index (Phi) is 5.34. The number of aryl methyl sites for hydroxylation is 1. The van der Waals surface area contributed by atoms with Crippen LogP contribution in [0, 0.1) is 0 Å². The number of hydrogen-bond acceptors (Lipinski definition) is 2. The van der Waals surface area contributed by atoms with Gasteiger partial charge in [0.1, 0.15) is 5.67 Å². The molecule has 0 aliphatic carbocycles. The summed E-state index contributed by atoms with van der Waals surface area (Å²) in [6, 6.07) is 10.5. The Bertz CT molecular complexity index is 360. The second-order valence-electron chi connectivity index (χ2n) is 5.68. The number of ether oxygens (including phenoxy) is 1. The van der Waals surface area contributed by atoms with Crippen molar-refractivity contribution in [3.63, 3.8) is 0 Å². The second-order valence-corrected chi connectivity index (χ2v) is 5.68. The van der Waals surface area contributed by atoms with E-state index in [9.17, 15) is 4.39 Å². The summed E-state index contributed by atoms with van der Waals surface area (Å²) >= 11 is 0. The first-order valence-electron chi connectivity index (χ1n) is 7.20. The Morgan fingerprint density at radius 2 is 2.16 bits per heavy atom. The van der Waals surface area contributed by atoms with Gasteiger partial charge < -0.3 is 10.1 Å². The average molecular weight is 265 g/mol. The molecule has 0 aromatic heterocycles. The van der Waals surface area contributed by atoms with E-state index in [0.717, 1.165) is 26.0 Å². The molecule has 0 saturated carbocycles. The largest absolute Gasteiger partial charge is 0.379 e. The van der Waals surface area contributed by atoms with Gasteiger partial charge in [-0.25, -0.2) is 4.39 Å². The van der Waals surface area contributed by atoms with Gasteiger partial charge in [-0.3, -0.25) is 0 Å². The number of alkyl halides is 1. The molecule has 19 heavy (non-hydrogen) atoms. The van der Waals surface area contributed by atoms with E-state index in [1.165, 1.54) is 5.56 Å². The van der Waals surface area contributed by atoms with Gasteiger partial charge in [0, 0.05) is 12.6 Å². The Morgan fingerprint density at radius 1 is 1.37 bits per heavy atom. The van der Waals surface area contributed by atoms with E-state index < -0.39 is 5.67 Å². The summed E-state index contributed by atoms with van der Waals surface area (Å²) in [5, 5.41) is 3.32. The molecule has 2 unspecified atom stereocenters. The summed E-state index contributed by atoms with van der Waals surface area (Å²) in [5.74, 6) is 0. The van der Waals surface area contributed by atoms with Crippen LogP contribution in [-0.4, -0.2) is 31.5 Å². The summed E-state index contributed by atoms with van der Waals surface area (Å²) in [4.78, 5) is 0. The zero-order valence-electron chi connectivity index (χ0n) is 11.7. The predicted octanol–water partition coefficient (Wildman–Crippen LogP) is 3.12. The SMILES string of the molecule is CC(F)(CCCc1ccccc1)CC1COCCN1. The van der Waals surface area contributed by atoms with Crippen molar-refractivity contribution in [1.29, 1.82) is 0 Å². The van der Waals surface area contributed by atoms with Crippen LogP contribution in [0.1, 0.15) is 31.7 Å². The molecule has 0 radical (unpaired) electrons. The molecule has 106 valence electrons. The van der Waals surface area contributed by atoms with Crippen LogP contribution in [0.25, 0.3) is 0 Å². The lowest BCUT2D eigenvalue weighted by Crippen LogP contribution is -2.44. The fourth-order valence-electron chi connectivity index (χ4n) is 2.67. The van der Waals surface area contributed by atoms with Crippen molar-refractivity contribution in [2.24, 2.45) is 0 Å². The minimum Gasteiger partial charge on any atom is -0.379 e. The van der Waals surface area contributed by atoms with Gasteiger partial charge >= 0.3 is 0 Å². The summed E-state index contributed by atoms with van der Waals surface area (Å²) < 4.78 is 19.9. The van der Waals surface area contributed by atoms with Crippen molar-refractivity contribution in [1.82, 2.24) is 5.32 Å². The van der Waals surface area contributed by atoms with Gasteiger partial charge in [-0.2, -0.15) is 0 Å². The summed E-state index contributed by atoms with van der Waals surface area (Å²) in [5.41, 5.74) is 0.185. The Balaban J connectivity index is 1.71. The molecule has 1 aromatic rings. The molecule has 0 amide bonds. The lowest BCUT2D eigenvalue weighted by Gasteiger charge is -2.30. The fourth-order valence-corrected chi connectivity index (χ4v) is 2.67. The molecule has 1 aliphatic heterocycles. The zero-order chi connectivity index (χ0) is 13.6. The molecule has 2 atom stereocenters. The van der Waals surface area contributed by atoms with Gasteiger partial charge in [0.2, 0.25) is 0 Å². The smallest absolute Gasteiger partial charge is 0.109 e. The molecule has 1 N–H and O–H groups in total. The Labute approximate surface area is 115 Å². The number of halogens is 1.